The van der Waals surface area contributed by atoms with E-state index in [-0.39, 0.29) is 17.4 Å². The summed E-state index contributed by atoms with van der Waals surface area (Å²) in [5.41, 5.74) is -0.319. The van der Waals surface area contributed by atoms with Gasteiger partial charge in [-0.15, -0.1) is 0 Å². The molecule has 1 fully saturated rings. The van der Waals surface area contributed by atoms with Crippen molar-refractivity contribution in [1.29, 1.82) is 0 Å². The molecule has 1 rings (SSSR count). The second-order valence-electron chi connectivity index (χ2n) is 6.36. The van der Waals surface area contributed by atoms with Gasteiger partial charge in [0.2, 0.25) is 5.91 Å². The first kappa shape index (κ1) is 16.4. The number of ether oxygens (including phenoxy) is 1. The lowest BCUT2D eigenvalue weighted by atomic mass is 9.78. The second-order valence-corrected chi connectivity index (χ2v) is 6.36. The molecule has 112 valence electrons. The molecule has 0 bridgehead atoms. The topological polar surface area (TPSA) is 41.6 Å². The summed E-state index contributed by atoms with van der Waals surface area (Å²) in [5.74, 6) is 0.862. The second kappa shape index (κ2) is 7.25. The van der Waals surface area contributed by atoms with Crippen LogP contribution in [-0.4, -0.2) is 50.7 Å². The molecule has 4 heteroatoms. The smallest absolute Gasteiger partial charge is 0.231 e. The molecule has 0 aromatic heterocycles. The predicted molar refractivity (Wildman–Crippen MR) is 78.1 cm³/mol. The van der Waals surface area contributed by atoms with E-state index < -0.39 is 0 Å². The number of piperidine rings is 1. The average Bonchev–Trinajstić information content (AvgIpc) is 2.37. The third-order valence-corrected chi connectivity index (χ3v) is 4.23. The van der Waals surface area contributed by atoms with Gasteiger partial charge in [0, 0.05) is 20.2 Å². The zero-order chi connectivity index (χ0) is 14.5. The van der Waals surface area contributed by atoms with Crippen molar-refractivity contribution in [2.24, 2.45) is 11.3 Å². The summed E-state index contributed by atoms with van der Waals surface area (Å²) in [4.78, 5) is 14.8. The Bertz CT molecular complexity index is 280. The van der Waals surface area contributed by atoms with Crippen LogP contribution in [-0.2, 0) is 9.53 Å². The fraction of sp³-hybridized carbons (Fsp3) is 0.933. The normalized spacial score (nSPS) is 20.3. The molecule has 0 saturated carbocycles. The molecule has 1 N–H and O–H groups in total. The van der Waals surface area contributed by atoms with E-state index in [9.17, 15) is 4.79 Å². The van der Waals surface area contributed by atoms with Crippen molar-refractivity contribution in [3.05, 3.63) is 0 Å². The summed E-state index contributed by atoms with van der Waals surface area (Å²) >= 11 is 0. The van der Waals surface area contributed by atoms with Crippen LogP contribution in [0.5, 0.6) is 0 Å². The number of carbonyl (C=O) groups is 1. The largest absolute Gasteiger partial charge is 0.384 e. The number of amides is 1. The lowest BCUT2D eigenvalue weighted by Crippen LogP contribution is -2.52. The van der Waals surface area contributed by atoms with E-state index in [1.165, 1.54) is 0 Å². The zero-order valence-corrected chi connectivity index (χ0v) is 13.2. The Kier molecular flexibility index (Phi) is 6.27. The van der Waals surface area contributed by atoms with E-state index in [2.05, 4.69) is 26.1 Å². The number of carbonyl (C=O) groups excluding carboxylic acids is 1. The highest BCUT2D eigenvalue weighted by Crippen LogP contribution is 2.32. The number of nitrogens with zero attached hydrogens (tertiary/aromatic N) is 1. The molecule has 0 radical (unpaired) electrons. The van der Waals surface area contributed by atoms with Gasteiger partial charge in [-0.2, -0.15) is 0 Å². The Morgan fingerprint density at radius 2 is 1.89 bits per heavy atom. The summed E-state index contributed by atoms with van der Waals surface area (Å²) in [5, 5.41) is 3.33. The van der Waals surface area contributed by atoms with Crippen molar-refractivity contribution < 1.29 is 9.53 Å². The lowest BCUT2D eigenvalue weighted by Gasteiger charge is -2.40. The SMILES string of the molecule is COCC1(C(=O)N(C)C(C)CC(C)C)CCNCC1. The fourth-order valence-electron chi connectivity index (χ4n) is 3.02. The Morgan fingerprint density at radius 3 is 2.37 bits per heavy atom. The van der Waals surface area contributed by atoms with E-state index in [0.29, 0.717) is 12.5 Å². The standard InChI is InChI=1S/C15H30N2O2/c1-12(2)10-13(3)17(4)14(18)15(11-19-5)6-8-16-9-7-15/h12-13,16H,6-11H2,1-5H3. The number of hydrogen-bond acceptors (Lipinski definition) is 3. The van der Waals surface area contributed by atoms with E-state index in [1.807, 2.05) is 11.9 Å². The van der Waals surface area contributed by atoms with Crippen molar-refractivity contribution in [3.63, 3.8) is 0 Å². The highest BCUT2D eigenvalue weighted by Gasteiger charge is 2.42. The van der Waals surface area contributed by atoms with Crippen molar-refractivity contribution in [1.82, 2.24) is 10.2 Å². The van der Waals surface area contributed by atoms with E-state index in [1.54, 1.807) is 7.11 Å². The summed E-state index contributed by atoms with van der Waals surface area (Å²) < 4.78 is 5.34. The van der Waals surface area contributed by atoms with Crippen molar-refractivity contribution >= 4 is 5.91 Å². The molecule has 0 aromatic carbocycles. The number of hydrogen-bond donors (Lipinski definition) is 1. The zero-order valence-electron chi connectivity index (χ0n) is 13.2. The molecule has 0 spiro atoms. The Labute approximate surface area is 117 Å². The third-order valence-electron chi connectivity index (χ3n) is 4.23. The van der Waals surface area contributed by atoms with Gasteiger partial charge in [0.1, 0.15) is 0 Å². The first-order valence-corrected chi connectivity index (χ1v) is 7.40. The molecule has 0 aliphatic carbocycles. The summed E-state index contributed by atoms with van der Waals surface area (Å²) in [7, 11) is 3.63. The minimum Gasteiger partial charge on any atom is -0.384 e. The predicted octanol–water partition coefficient (Wildman–Crippen LogP) is 1.90. The quantitative estimate of drug-likeness (QED) is 0.801. The first-order valence-electron chi connectivity index (χ1n) is 7.40. The third kappa shape index (κ3) is 4.18. The van der Waals surface area contributed by atoms with Crippen LogP contribution < -0.4 is 5.32 Å². The molecule has 19 heavy (non-hydrogen) atoms. The summed E-state index contributed by atoms with van der Waals surface area (Å²) in [6.45, 7) is 8.88. The van der Waals surface area contributed by atoms with Crippen LogP contribution in [0.25, 0.3) is 0 Å². The number of methoxy groups -OCH3 is 1. The average molecular weight is 270 g/mol. The van der Waals surface area contributed by atoms with E-state index in [0.717, 1.165) is 32.4 Å². The maximum absolute atomic E-state index is 12.9. The van der Waals surface area contributed by atoms with Crippen LogP contribution in [0.2, 0.25) is 0 Å². The van der Waals surface area contributed by atoms with Crippen LogP contribution in [0.4, 0.5) is 0 Å². The molecular weight excluding hydrogens is 240 g/mol. The first-order chi connectivity index (χ1) is 8.93. The molecule has 1 aliphatic rings. The molecule has 1 aliphatic heterocycles. The molecule has 1 saturated heterocycles. The van der Waals surface area contributed by atoms with Crippen LogP contribution >= 0.6 is 0 Å². The molecule has 0 aromatic rings. The van der Waals surface area contributed by atoms with Gasteiger partial charge in [0.05, 0.1) is 12.0 Å². The highest BCUT2D eigenvalue weighted by atomic mass is 16.5. The highest BCUT2D eigenvalue weighted by molar-refractivity contribution is 5.83. The Balaban J connectivity index is 2.75. The van der Waals surface area contributed by atoms with Crippen molar-refractivity contribution in [2.45, 2.75) is 46.1 Å². The molecular formula is C15H30N2O2. The molecule has 1 unspecified atom stereocenters. The van der Waals surface area contributed by atoms with Crippen LogP contribution in [0, 0.1) is 11.3 Å². The number of nitrogens with one attached hydrogen (secondary N) is 1. The van der Waals surface area contributed by atoms with Gasteiger partial charge in [-0.3, -0.25) is 4.79 Å². The fourth-order valence-corrected chi connectivity index (χ4v) is 3.02. The number of rotatable bonds is 6. The van der Waals surface area contributed by atoms with E-state index >= 15 is 0 Å². The van der Waals surface area contributed by atoms with Gasteiger partial charge in [-0.1, -0.05) is 13.8 Å². The summed E-state index contributed by atoms with van der Waals surface area (Å²) in [6, 6.07) is 0.288. The van der Waals surface area contributed by atoms with E-state index in [4.69, 9.17) is 4.74 Å². The minimum atomic E-state index is -0.319. The maximum Gasteiger partial charge on any atom is 0.231 e. The van der Waals surface area contributed by atoms with Crippen LogP contribution in [0.1, 0.15) is 40.0 Å². The van der Waals surface area contributed by atoms with Gasteiger partial charge < -0.3 is 15.0 Å². The molecule has 1 heterocycles. The monoisotopic (exact) mass is 270 g/mol. The van der Waals surface area contributed by atoms with Crippen molar-refractivity contribution in [2.75, 3.05) is 33.9 Å². The lowest BCUT2D eigenvalue weighted by molar-refractivity contribution is -0.148. The van der Waals surface area contributed by atoms with Gasteiger partial charge in [-0.05, 0) is 45.2 Å². The summed E-state index contributed by atoms with van der Waals surface area (Å²) in [6.07, 6.45) is 2.79. The Hall–Kier alpha value is -0.610. The van der Waals surface area contributed by atoms with Crippen LogP contribution in [0.3, 0.4) is 0 Å². The molecule has 4 nitrogen and oxygen atoms in total. The van der Waals surface area contributed by atoms with Gasteiger partial charge in [0.25, 0.3) is 0 Å². The molecule has 1 atom stereocenters. The maximum atomic E-state index is 12.9. The van der Waals surface area contributed by atoms with Gasteiger partial charge in [0.15, 0.2) is 0 Å². The Morgan fingerprint density at radius 1 is 1.32 bits per heavy atom. The minimum absolute atomic E-state index is 0.254. The van der Waals surface area contributed by atoms with Crippen LogP contribution in [0.15, 0.2) is 0 Å². The molecule has 1 amide bonds. The van der Waals surface area contributed by atoms with Gasteiger partial charge >= 0.3 is 0 Å². The van der Waals surface area contributed by atoms with Crippen molar-refractivity contribution in [3.8, 4) is 0 Å². The van der Waals surface area contributed by atoms with Gasteiger partial charge in [-0.25, -0.2) is 0 Å².